The highest BCUT2D eigenvalue weighted by molar-refractivity contribution is 5.87. The van der Waals surface area contributed by atoms with Crippen molar-refractivity contribution in [1.29, 1.82) is 0 Å². The molecule has 1 aliphatic heterocycles. The van der Waals surface area contributed by atoms with Gasteiger partial charge in [-0.15, -0.1) is 0 Å². The number of rotatable bonds is 6. The Morgan fingerprint density at radius 1 is 1.28 bits per heavy atom. The molecule has 0 radical (unpaired) electrons. The van der Waals surface area contributed by atoms with E-state index in [0.717, 1.165) is 41.9 Å². The van der Waals surface area contributed by atoms with Crippen molar-refractivity contribution >= 4 is 17.1 Å². The number of hydrogen-bond donors (Lipinski definition) is 2. The third-order valence-corrected chi connectivity index (χ3v) is 5.58. The summed E-state index contributed by atoms with van der Waals surface area (Å²) in [5.74, 6) is -0.0979. The van der Waals surface area contributed by atoms with E-state index in [1.165, 1.54) is 12.1 Å². The number of fused-ring (bicyclic) bond motifs is 1. The Hall–Kier alpha value is -2.87. The number of amides is 1. The van der Waals surface area contributed by atoms with Gasteiger partial charge in [0.2, 0.25) is 5.91 Å². The third-order valence-electron chi connectivity index (χ3n) is 5.58. The summed E-state index contributed by atoms with van der Waals surface area (Å²) >= 11 is 0. The first kappa shape index (κ1) is 19.4. The molecule has 4 rings (SSSR count). The molecule has 29 heavy (non-hydrogen) atoms. The molecule has 2 N–H and O–H groups in total. The smallest absolute Gasteiger partial charge is 0.230 e. The minimum atomic E-state index is -0.764. The topological polar surface area (TPSA) is 84.7 Å². The molecular weight excluding hydrogens is 371 g/mol. The number of nitrogens with zero attached hydrogens (tertiary/aromatic N) is 4. The Kier molecular flexibility index (Phi) is 5.27. The van der Waals surface area contributed by atoms with Crippen LogP contribution in [0.25, 0.3) is 11.2 Å². The summed E-state index contributed by atoms with van der Waals surface area (Å²) in [4.78, 5) is 21.7. The first-order valence-electron chi connectivity index (χ1n) is 9.89. The SMILES string of the molecule is CC(C)(C(=O)NCCn1nc(C2CCNC2)c2nccnc21)c1ccc(F)cc1. The summed E-state index contributed by atoms with van der Waals surface area (Å²) in [6.07, 6.45) is 4.38. The van der Waals surface area contributed by atoms with Gasteiger partial charge in [-0.2, -0.15) is 5.10 Å². The first-order chi connectivity index (χ1) is 14.0. The molecule has 7 nitrogen and oxygen atoms in total. The van der Waals surface area contributed by atoms with E-state index < -0.39 is 5.41 Å². The highest BCUT2D eigenvalue weighted by Gasteiger charge is 2.30. The molecule has 2 aromatic heterocycles. The van der Waals surface area contributed by atoms with Crippen LogP contribution in [0.1, 0.15) is 37.4 Å². The number of hydrogen-bond acceptors (Lipinski definition) is 5. The highest BCUT2D eigenvalue weighted by Crippen LogP contribution is 2.27. The predicted molar refractivity (Wildman–Crippen MR) is 108 cm³/mol. The van der Waals surface area contributed by atoms with E-state index in [1.54, 1.807) is 24.5 Å². The molecule has 1 saturated heterocycles. The van der Waals surface area contributed by atoms with Gasteiger partial charge in [0.05, 0.1) is 17.7 Å². The summed E-state index contributed by atoms with van der Waals surface area (Å²) in [6, 6.07) is 6.04. The maximum atomic E-state index is 13.2. The van der Waals surface area contributed by atoms with Gasteiger partial charge in [-0.3, -0.25) is 4.79 Å². The van der Waals surface area contributed by atoms with Crippen molar-refractivity contribution in [3.63, 3.8) is 0 Å². The van der Waals surface area contributed by atoms with Gasteiger partial charge in [-0.1, -0.05) is 12.1 Å². The second-order valence-electron chi connectivity index (χ2n) is 7.91. The fourth-order valence-electron chi connectivity index (χ4n) is 3.74. The van der Waals surface area contributed by atoms with Crippen molar-refractivity contribution < 1.29 is 9.18 Å². The van der Waals surface area contributed by atoms with Gasteiger partial charge in [0.15, 0.2) is 5.65 Å². The van der Waals surface area contributed by atoms with Gasteiger partial charge in [-0.25, -0.2) is 19.0 Å². The van der Waals surface area contributed by atoms with Crippen molar-refractivity contribution in [3.8, 4) is 0 Å². The van der Waals surface area contributed by atoms with E-state index in [-0.39, 0.29) is 11.7 Å². The molecule has 1 aromatic carbocycles. The number of aromatic nitrogens is 4. The normalized spacial score (nSPS) is 17.0. The zero-order valence-corrected chi connectivity index (χ0v) is 16.7. The number of nitrogens with one attached hydrogen (secondary N) is 2. The van der Waals surface area contributed by atoms with E-state index in [2.05, 4.69) is 20.6 Å². The molecule has 1 unspecified atom stereocenters. The minimum Gasteiger partial charge on any atom is -0.353 e. The summed E-state index contributed by atoms with van der Waals surface area (Å²) in [6.45, 7) is 6.45. The van der Waals surface area contributed by atoms with E-state index in [9.17, 15) is 9.18 Å². The second-order valence-corrected chi connectivity index (χ2v) is 7.91. The molecule has 1 amide bonds. The lowest BCUT2D eigenvalue weighted by atomic mass is 9.84. The van der Waals surface area contributed by atoms with Gasteiger partial charge in [0.1, 0.15) is 11.3 Å². The Bertz CT molecular complexity index is 1010. The molecule has 8 heteroatoms. The molecule has 1 atom stereocenters. The summed E-state index contributed by atoms with van der Waals surface area (Å²) in [7, 11) is 0. The number of benzene rings is 1. The van der Waals surface area contributed by atoms with Crippen molar-refractivity contribution in [2.24, 2.45) is 0 Å². The van der Waals surface area contributed by atoms with Gasteiger partial charge < -0.3 is 10.6 Å². The van der Waals surface area contributed by atoms with E-state index in [1.807, 2.05) is 18.5 Å². The Morgan fingerprint density at radius 3 is 2.76 bits per heavy atom. The van der Waals surface area contributed by atoms with Crippen LogP contribution >= 0.6 is 0 Å². The van der Waals surface area contributed by atoms with Crippen LogP contribution in [-0.2, 0) is 16.8 Å². The molecule has 0 aliphatic carbocycles. The number of halogens is 1. The first-order valence-corrected chi connectivity index (χ1v) is 9.89. The van der Waals surface area contributed by atoms with Crippen molar-refractivity contribution in [3.05, 3.63) is 53.7 Å². The molecule has 1 aliphatic rings. The van der Waals surface area contributed by atoms with Crippen LogP contribution in [0.3, 0.4) is 0 Å². The average Bonchev–Trinajstić information content (AvgIpc) is 3.36. The van der Waals surface area contributed by atoms with Crippen LogP contribution in [0.15, 0.2) is 36.7 Å². The van der Waals surface area contributed by atoms with Crippen molar-refractivity contribution in [1.82, 2.24) is 30.4 Å². The van der Waals surface area contributed by atoms with Crippen LogP contribution in [0.2, 0.25) is 0 Å². The average molecular weight is 396 g/mol. The molecule has 0 bridgehead atoms. The van der Waals surface area contributed by atoms with Crippen LogP contribution in [0, 0.1) is 5.82 Å². The lowest BCUT2D eigenvalue weighted by molar-refractivity contribution is -0.125. The fraction of sp³-hybridized carbons (Fsp3) is 0.429. The summed E-state index contributed by atoms with van der Waals surface area (Å²) in [5, 5.41) is 11.1. The molecule has 0 saturated carbocycles. The minimum absolute atomic E-state index is 0.119. The van der Waals surface area contributed by atoms with Gasteiger partial charge >= 0.3 is 0 Å². The number of carbonyl (C=O) groups excluding carboxylic acids is 1. The standard InChI is InChI=1S/C21H25FN6O/c1-21(2,15-3-5-16(22)6-4-15)20(29)26-11-12-28-19-18(24-9-10-25-19)17(27-28)14-7-8-23-13-14/h3-6,9-10,14,23H,7-8,11-13H2,1-2H3,(H,26,29). The fourth-order valence-corrected chi connectivity index (χ4v) is 3.74. The lowest BCUT2D eigenvalue weighted by Crippen LogP contribution is -2.41. The third kappa shape index (κ3) is 3.85. The second kappa shape index (κ2) is 7.87. The predicted octanol–water partition coefficient (Wildman–Crippen LogP) is 2.14. The summed E-state index contributed by atoms with van der Waals surface area (Å²) in [5.41, 5.74) is 2.54. The molecule has 0 spiro atoms. The zero-order valence-electron chi connectivity index (χ0n) is 16.7. The molecule has 152 valence electrons. The van der Waals surface area contributed by atoms with Gasteiger partial charge in [-0.05, 0) is 44.5 Å². The van der Waals surface area contributed by atoms with Gasteiger partial charge in [0, 0.05) is 31.4 Å². The maximum Gasteiger partial charge on any atom is 0.230 e. The largest absolute Gasteiger partial charge is 0.353 e. The van der Waals surface area contributed by atoms with Crippen LogP contribution in [0.4, 0.5) is 4.39 Å². The lowest BCUT2D eigenvalue weighted by Gasteiger charge is -2.24. The van der Waals surface area contributed by atoms with Crippen LogP contribution < -0.4 is 10.6 Å². The monoisotopic (exact) mass is 396 g/mol. The Labute approximate surface area is 168 Å². The van der Waals surface area contributed by atoms with Crippen LogP contribution in [-0.4, -0.2) is 45.3 Å². The van der Waals surface area contributed by atoms with Crippen molar-refractivity contribution in [2.45, 2.75) is 38.1 Å². The van der Waals surface area contributed by atoms with Gasteiger partial charge in [0.25, 0.3) is 0 Å². The quantitative estimate of drug-likeness (QED) is 0.667. The maximum absolute atomic E-state index is 13.2. The summed E-state index contributed by atoms with van der Waals surface area (Å²) < 4.78 is 15.0. The Balaban J connectivity index is 1.46. The van der Waals surface area contributed by atoms with E-state index in [0.29, 0.717) is 19.0 Å². The molecule has 3 aromatic rings. The molecule has 1 fully saturated rings. The molecular formula is C21H25FN6O. The number of carbonyl (C=O) groups is 1. The van der Waals surface area contributed by atoms with Crippen LogP contribution in [0.5, 0.6) is 0 Å². The highest BCUT2D eigenvalue weighted by atomic mass is 19.1. The van der Waals surface area contributed by atoms with E-state index >= 15 is 0 Å². The molecule has 3 heterocycles. The van der Waals surface area contributed by atoms with Crippen molar-refractivity contribution in [2.75, 3.05) is 19.6 Å². The Morgan fingerprint density at radius 2 is 2.03 bits per heavy atom. The van der Waals surface area contributed by atoms with E-state index in [4.69, 9.17) is 5.10 Å². The zero-order chi connectivity index (χ0) is 20.4.